The van der Waals surface area contributed by atoms with Crippen molar-refractivity contribution >= 4 is 11.6 Å². The van der Waals surface area contributed by atoms with Gasteiger partial charge in [-0.1, -0.05) is 30.3 Å². The van der Waals surface area contributed by atoms with Crippen molar-refractivity contribution in [1.82, 2.24) is 0 Å². The molecule has 98 valence electrons. The summed E-state index contributed by atoms with van der Waals surface area (Å²) in [4.78, 5) is 12.1. The molecule has 19 heavy (non-hydrogen) atoms. The molecule has 0 aliphatic rings. The Kier molecular flexibility index (Phi) is 3.82. The van der Waals surface area contributed by atoms with Crippen molar-refractivity contribution < 1.29 is 9.90 Å². The predicted octanol–water partition coefficient (Wildman–Crippen LogP) is 2.34. The van der Waals surface area contributed by atoms with Crippen molar-refractivity contribution in [3.8, 4) is 5.75 Å². The summed E-state index contributed by atoms with van der Waals surface area (Å²) in [6, 6.07) is 13.2. The van der Waals surface area contributed by atoms with E-state index in [4.69, 9.17) is 5.73 Å². The topological polar surface area (TPSA) is 75.3 Å². The number of aryl methyl sites for hydroxylation is 1. The third-order valence-electron chi connectivity index (χ3n) is 2.91. The van der Waals surface area contributed by atoms with Gasteiger partial charge in [-0.25, -0.2) is 0 Å². The van der Waals surface area contributed by atoms with Crippen LogP contribution in [-0.4, -0.2) is 11.0 Å². The largest absolute Gasteiger partial charge is 0.508 e. The van der Waals surface area contributed by atoms with Crippen LogP contribution in [0.15, 0.2) is 48.5 Å². The van der Waals surface area contributed by atoms with Crippen LogP contribution in [0, 0.1) is 6.92 Å². The molecule has 0 unspecified atom stereocenters. The van der Waals surface area contributed by atoms with Gasteiger partial charge in [-0.05, 0) is 36.2 Å². The Labute approximate surface area is 111 Å². The molecule has 0 saturated heterocycles. The number of anilines is 1. The number of nitrogens with one attached hydrogen (secondary N) is 1. The van der Waals surface area contributed by atoms with E-state index in [1.54, 1.807) is 12.1 Å². The monoisotopic (exact) mass is 256 g/mol. The fraction of sp³-hybridized carbons (Fsp3) is 0.133. The molecule has 4 heteroatoms. The highest BCUT2D eigenvalue weighted by Gasteiger charge is 2.16. The fourth-order valence-corrected chi connectivity index (χ4v) is 1.81. The third kappa shape index (κ3) is 3.11. The molecule has 0 aliphatic carbocycles. The second kappa shape index (κ2) is 5.54. The zero-order chi connectivity index (χ0) is 13.8. The minimum atomic E-state index is -0.714. The number of aromatic hydroxyl groups is 1. The number of carbonyl (C=O) groups is 1. The Hall–Kier alpha value is -2.33. The van der Waals surface area contributed by atoms with Crippen LogP contribution in [0.25, 0.3) is 0 Å². The van der Waals surface area contributed by atoms with Gasteiger partial charge < -0.3 is 16.2 Å². The molecule has 0 bridgehead atoms. The highest BCUT2D eigenvalue weighted by molar-refractivity contribution is 5.96. The minimum absolute atomic E-state index is 0.169. The summed E-state index contributed by atoms with van der Waals surface area (Å²) < 4.78 is 0. The normalized spacial score (nSPS) is 11.9. The molecule has 0 aromatic heterocycles. The van der Waals surface area contributed by atoms with Gasteiger partial charge in [-0.3, -0.25) is 4.79 Å². The third-order valence-corrected chi connectivity index (χ3v) is 2.91. The highest BCUT2D eigenvalue weighted by Crippen LogP contribution is 2.21. The average molecular weight is 256 g/mol. The number of hydrogen-bond donors (Lipinski definition) is 3. The number of amides is 1. The maximum absolute atomic E-state index is 12.1. The van der Waals surface area contributed by atoms with Gasteiger partial charge in [-0.2, -0.15) is 0 Å². The Morgan fingerprint density at radius 2 is 1.89 bits per heavy atom. The van der Waals surface area contributed by atoms with Crippen molar-refractivity contribution in [3.05, 3.63) is 59.7 Å². The van der Waals surface area contributed by atoms with Gasteiger partial charge in [0.1, 0.15) is 11.8 Å². The maximum Gasteiger partial charge on any atom is 0.245 e. The number of rotatable bonds is 3. The SMILES string of the molecule is Cc1cc(O)ccc1NC(=O)[C@H](N)c1ccccc1. The lowest BCUT2D eigenvalue weighted by atomic mass is 10.1. The van der Waals surface area contributed by atoms with Crippen molar-refractivity contribution in [2.24, 2.45) is 5.73 Å². The molecule has 2 rings (SSSR count). The highest BCUT2D eigenvalue weighted by atomic mass is 16.3. The zero-order valence-electron chi connectivity index (χ0n) is 10.6. The summed E-state index contributed by atoms with van der Waals surface area (Å²) in [5, 5.41) is 12.1. The molecule has 0 spiro atoms. The number of benzene rings is 2. The molecule has 0 fully saturated rings. The second-order valence-electron chi connectivity index (χ2n) is 4.38. The van der Waals surface area contributed by atoms with E-state index in [9.17, 15) is 9.90 Å². The number of carbonyl (C=O) groups excluding carboxylic acids is 1. The molecule has 0 aliphatic heterocycles. The molecule has 4 N–H and O–H groups in total. The van der Waals surface area contributed by atoms with Crippen molar-refractivity contribution in [2.75, 3.05) is 5.32 Å². The van der Waals surface area contributed by atoms with Gasteiger partial charge in [-0.15, -0.1) is 0 Å². The summed E-state index contributed by atoms with van der Waals surface area (Å²) >= 11 is 0. The average Bonchev–Trinajstić information content (AvgIpc) is 2.42. The molecular formula is C15H16N2O2. The summed E-state index contributed by atoms with van der Waals surface area (Å²) in [5.74, 6) is -0.108. The van der Waals surface area contributed by atoms with Crippen LogP contribution in [-0.2, 0) is 4.79 Å². The number of phenolic OH excluding ortho intramolecular Hbond substituents is 1. The summed E-state index contributed by atoms with van der Waals surface area (Å²) in [5.41, 5.74) is 8.10. The van der Waals surface area contributed by atoms with E-state index in [-0.39, 0.29) is 11.7 Å². The molecule has 0 heterocycles. The van der Waals surface area contributed by atoms with Gasteiger partial charge in [0, 0.05) is 5.69 Å². The van der Waals surface area contributed by atoms with Crippen LogP contribution in [0.1, 0.15) is 17.2 Å². The molecule has 0 saturated carbocycles. The Bertz CT molecular complexity index is 582. The predicted molar refractivity (Wildman–Crippen MR) is 74.8 cm³/mol. The van der Waals surface area contributed by atoms with Crippen molar-refractivity contribution in [2.45, 2.75) is 13.0 Å². The van der Waals surface area contributed by atoms with E-state index in [1.807, 2.05) is 37.3 Å². The molecule has 2 aromatic rings. The lowest BCUT2D eigenvalue weighted by Crippen LogP contribution is -2.27. The molecule has 1 amide bonds. The quantitative estimate of drug-likeness (QED) is 0.738. The van der Waals surface area contributed by atoms with Gasteiger partial charge in [0.05, 0.1) is 0 Å². The van der Waals surface area contributed by atoms with Gasteiger partial charge in [0.2, 0.25) is 5.91 Å². The first-order chi connectivity index (χ1) is 9.08. The van der Waals surface area contributed by atoms with Crippen LogP contribution in [0.5, 0.6) is 5.75 Å². The van der Waals surface area contributed by atoms with E-state index in [2.05, 4.69) is 5.32 Å². The van der Waals surface area contributed by atoms with Gasteiger partial charge in [0.25, 0.3) is 0 Å². The Morgan fingerprint density at radius 3 is 2.53 bits per heavy atom. The first kappa shape index (κ1) is 13.1. The first-order valence-electron chi connectivity index (χ1n) is 5.99. The van der Waals surface area contributed by atoms with E-state index >= 15 is 0 Å². The zero-order valence-corrected chi connectivity index (χ0v) is 10.6. The van der Waals surface area contributed by atoms with E-state index < -0.39 is 6.04 Å². The van der Waals surface area contributed by atoms with E-state index in [0.29, 0.717) is 5.69 Å². The summed E-state index contributed by atoms with van der Waals surface area (Å²) in [7, 11) is 0. The van der Waals surface area contributed by atoms with Crippen LogP contribution in [0.3, 0.4) is 0 Å². The lowest BCUT2D eigenvalue weighted by molar-refractivity contribution is -0.117. The maximum atomic E-state index is 12.1. The van der Waals surface area contributed by atoms with Gasteiger partial charge in [0.15, 0.2) is 0 Å². The molecule has 4 nitrogen and oxygen atoms in total. The molecular weight excluding hydrogens is 240 g/mol. The number of phenols is 1. The van der Waals surface area contributed by atoms with Crippen LogP contribution >= 0.6 is 0 Å². The van der Waals surface area contributed by atoms with E-state index in [1.165, 1.54) is 6.07 Å². The van der Waals surface area contributed by atoms with Crippen molar-refractivity contribution in [3.63, 3.8) is 0 Å². The van der Waals surface area contributed by atoms with Crippen LogP contribution in [0.4, 0.5) is 5.69 Å². The Balaban J connectivity index is 2.13. The van der Waals surface area contributed by atoms with Crippen molar-refractivity contribution in [1.29, 1.82) is 0 Å². The van der Waals surface area contributed by atoms with Gasteiger partial charge >= 0.3 is 0 Å². The van der Waals surface area contributed by atoms with E-state index in [0.717, 1.165) is 11.1 Å². The van der Waals surface area contributed by atoms with Crippen LogP contribution in [0.2, 0.25) is 0 Å². The lowest BCUT2D eigenvalue weighted by Gasteiger charge is -2.14. The van der Waals surface area contributed by atoms with Crippen LogP contribution < -0.4 is 11.1 Å². The summed E-state index contributed by atoms with van der Waals surface area (Å²) in [6.45, 7) is 1.81. The number of hydrogen-bond acceptors (Lipinski definition) is 3. The fourth-order valence-electron chi connectivity index (χ4n) is 1.81. The molecule has 2 aromatic carbocycles. The minimum Gasteiger partial charge on any atom is -0.508 e. The molecule has 1 atom stereocenters. The smallest absolute Gasteiger partial charge is 0.245 e. The molecule has 0 radical (unpaired) electrons. The Morgan fingerprint density at radius 1 is 1.21 bits per heavy atom. The summed E-state index contributed by atoms with van der Waals surface area (Å²) in [6.07, 6.45) is 0. The number of nitrogens with two attached hydrogens (primary N) is 1. The second-order valence-corrected chi connectivity index (χ2v) is 4.38. The standard InChI is InChI=1S/C15H16N2O2/c1-10-9-12(18)7-8-13(10)17-15(19)14(16)11-5-3-2-4-6-11/h2-9,14,18H,16H2,1H3,(H,17,19)/t14-/m1/s1. The first-order valence-corrected chi connectivity index (χ1v) is 5.99.